The lowest BCUT2D eigenvalue weighted by atomic mass is 9.42. The third-order valence-corrected chi connectivity index (χ3v) is 10.4. The number of hydrogen-bond donors (Lipinski definition) is 3. The molecule has 0 aromatic rings. The molecule has 6 heteroatoms. The van der Waals surface area contributed by atoms with Crippen molar-refractivity contribution in [3.8, 4) is 6.07 Å². The molecule has 1 aliphatic heterocycles. The van der Waals surface area contributed by atoms with Crippen LogP contribution in [-0.2, 0) is 9.53 Å². The largest absolute Gasteiger partial charge is 0.457 e. The van der Waals surface area contributed by atoms with Gasteiger partial charge in [-0.3, -0.25) is 0 Å². The van der Waals surface area contributed by atoms with Gasteiger partial charge < -0.3 is 20.1 Å². The van der Waals surface area contributed by atoms with Gasteiger partial charge in [0.2, 0.25) is 0 Å². The SMILES string of the molecule is C[C@]12CC[C@H](O)C[C@@]1(O)CC[C@@H]1[C@@H]2CC[C@]2(C)[C@@H](C3=C(C#N)C(=O)OC3)CC[C@]12O. The van der Waals surface area contributed by atoms with Gasteiger partial charge in [-0.15, -0.1) is 0 Å². The highest BCUT2D eigenvalue weighted by Gasteiger charge is 2.70. The molecule has 5 aliphatic rings. The average Bonchev–Trinajstić information content (AvgIpc) is 3.19. The number of fused-ring (bicyclic) bond motifs is 5. The van der Waals surface area contributed by atoms with Crippen LogP contribution in [0.4, 0.5) is 0 Å². The summed E-state index contributed by atoms with van der Waals surface area (Å²) < 4.78 is 5.18. The summed E-state index contributed by atoms with van der Waals surface area (Å²) in [6.07, 6.45) is 5.98. The standard InChI is InChI=1S/C24H33NO5/c1-21-7-3-14(26)11-23(21,28)9-5-19-18(21)4-8-22(2)17(6-10-24(19,22)29)16-13-30-20(27)15(16)12-25/h14,17-19,26,28-29H,3-11,13H2,1-2H3/t14-,17+,18-,19+,21+,22+,23-,24-/m0/s1. The van der Waals surface area contributed by atoms with Crippen molar-refractivity contribution < 1.29 is 24.9 Å². The summed E-state index contributed by atoms with van der Waals surface area (Å²) in [4.78, 5) is 12.0. The summed E-state index contributed by atoms with van der Waals surface area (Å²) in [6.45, 7) is 4.48. The van der Waals surface area contributed by atoms with Crippen LogP contribution in [0.15, 0.2) is 11.1 Å². The van der Waals surface area contributed by atoms with Crippen LogP contribution < -0.4 is 0 Å². The van der Waals surface area contributed by atoms with E-state index in [-0.39, 0.29) is 35.3 Å². The number of nitriles is 1. The molecule has 0 aromatic heterocycles. The zero-order valence-corrected chi connectivity index (χ0v) is 18.0. The molecule has 0 saturated heterocycles. The third-order valence-electron chi connectivity index (χ3n) is 10.4. The summed E-state index contributed by atoms with van der Waals surface area (Å²) in [5, 5.41) is 43.4. The molecule has 4 aliphatic carbocycles. The minimum absolute atomic E-state index is 0.0219. The van der Waals surface area contributed by atoms with Crippen LogP contribution in [0.25, 0.3) is 0 Å². The molecule has 0 aromatic carbocycles. The second-order valence-electron chi connectivity index (χ2n) is 11.2. The summed E-state index contributed by atoms with van der Waals surface area (Å²) in [6, 6.07) is 2.04. The lowest BCUT2D eigenvalue weighted by Crippen LogP contribution is -2.67. The van der Waals surface area contributed by atoms with Gasteiger partial charge in [0, 0.05) is 11.8 Å². The van der Waals surface area contributed by atoms with Crippen LogP contribution in [-0.4, -0.2) is 45.2 Å². The molecular formula is C24H33NO5. The zero-order valence-electron chi connectivity index (χ0n) is 18.0. The van der Waals surface area contributed by atoms with Gasteiger partial charge >= 0.3 is 5.97 Å². The van der Waals surface area contributed by atoms with E-state index in [4.69, 9.17) is 4.74 Å². The van der Waals surface area contributed by atoms with Crippen LogP contribution in [0.2, 0.25) is 0 Å². The van der Waals surface area contributed by atoms with E-state index in [2.05, 4.69) is 13.8 Å². The highest BCUT2D eigenvalue weighted by Crippen LogP contribution is 2.70. The number of esters is 1. The fraction of sp³-hybridized carbons (Fsp3) is 0.833. The highest BCUT2D eigenvalue weighted by molar-refractivity contribution is 5.96. The van der Waals surface area contributed by atoms with E-state index >= 15 is 0 Å². The van der Waals surface area contributed by atoms with Crippen molar-refractivity contribution in [1.82, 2.24) is 0 Å². The Bertz CT molecular complexity index is 862. The van der Waals surface area contributed by atoms with Crippen molar-refractivity contribution in [2.45, 2.75) is 88.9 Å². The van der Waals surface area contributed by atoms with Crippen molar-refractivity contribution in [3.05, 3.63) is 11.1 Å². The van der Waals surface area contributed by atoms with Gasteiger partial charge in [-0.1, -0.05) is 13.8 Å². The molecule has 3 N–H and O–H groups in total. The van der Waals surface area contributed by atoms with Crippen LogP contribution in [0, 0.1) is 39.9 Å². The molecule has 5 rings (SSSR count). The molecular weight excluding hydrogens is 382 g/mol. The Morgan fingerprint density at radius 1 is 1.00 bits per heavy atom. The van der Waals surface area contributed by atoms with Gasteiger partial charge in [0.25, 0.3) is 0 Å². The first-order valence-corrected chi connectivity index (χ1v) is 11.5. The number of ether oxygens (including phenoxy) is 1. The normalized spacial score (nSPS) is 52.9. The maximum absolute atomic E-state index is 12.2. The molecule has 6 nitrogen and oxygen atoms in total. The van der Waals surface area contributed by atoms with E-state index in [0.717, 1.165) is 37.7 Å². The quantitative estimate of drug-likeness (QED) is 0.568. The first kappa shape index (κ1) is 20.5. The number of rotatable bonds is 1. The summed E-state index contributed by atoms with van der Waals surface area (Å²) in [5.41, 5.74) is -1.53. The fourth-order valence-corrected chi connectivity index (χ4v) is 8.57. The van der Waals surface area contributed by atoms with Gasteiger partial charge in [0.15, 0.2) is 0 Å². The number of cyclic esters (lactones) is 1. The highest BCUT2D eigenvalue weighted by atomic mass is 16.5. The van der Waals surface area contributed by atoms with Gasteiger partial charge in [-0.05, 0) is 80.1 Å². The number of carbonyl (C=O) groups excluding carboxylic acids is 1. The lowest BCUT2D eigenvalue weighted by molar-refractivity contribution is -0.254. The Morgan fingerprint density at radius 2 is 1.70 bits per heavy atom. The second-order valence-corrected chi connectivity index (χ2v) is 11.2. The van der Waals surface area contributed by atoms with E-state index in [1.165, 1.54) is 0 Å². The van der Waals surface area contributed by atoms with Crippen molar-refractivity contribution in [2.75, 3.05) is 6.61 Å². The first-order valence-electron chi connectivity index (χ1n) is 11.5. The van der Waals surface area contributed by atoms with Crippen LogP contribution in [0.3, 0.4) is 0 Å². The zero-order chi connectivity index (χ0) is 21.5. The average molecular weight is 416 g/mol. The van der Waals surface area contributed by atoms with E-state index in [1.54, 1.807) is 0 Å². The van der Waals surface area contributed by atoms with E-state index < -0.39 is 28.7 Å². The van der Waals surface area contributed by atoms with Crippen LogP contribution >= 0.6 is 0 Å². The number of hydrogen-bond acceptors (Lipinski definition) is 6. The molecule has 164 valence electrons. The van der Waals surface area contributed by atoms with Gasteiger partial charge in [-0.2, -0.15) is 5.26 Å². The number of aliphatic hydroxyl groups excluding tert-OH is 1. The van der Waals surface area contributed by atoms with E-state index in [9.17, 15) is 25.4 Å². The summed E-state index contributed by atoms with van der Waals surface area (Å²) in [7, 11) is 0. The Hall–Kier alpha value is -1.42. The van der Waals surface area contributed by atoms with Gasteiger partial charge in [0.05, 0.1) is 17.3 Å². The molecule has 0 unspecified atom stereocenters. The predicted molar refractivity (Wildman–Crippen MR) is 108 cm³/mol. The number of carbonyl (C=O) groups is 1. The number of nitrogens with zero attached hydrogens (tertiary/aromatic N) is 1. The van der Waals surface area contributed by atoms with Crippen LogP contribution in [0.1, 0.15) is 71.6 Å². The number of aliphatic hydroxyl groups is 3. The molecule has 0 spiro atoms. The van der Waals surface area contributed by atoms with E-state index in [1.807, 2.05) is 6.07 Å². The summed E-state index contributed by atoms with van der Waals surface area (Å²) >= 11 is 0. The Kier molecular flexibility index (Phi) is 4.31. The molecule has 30 heavy (non-hydrogen) atoms. The van der Waals surface area contributed by atoms with E-state index in [0.29, 0.717) is 25.7 Å². The molecule has 4 saturated carbocycles. The monoisotopic (exact) mass is 415 g/mol. The molecule has 0 amide bonds. The molecule has 0 radical (unpaired) electrons. The molecule has 1 heterocycles. The first-order chi connectivity index (χ1) is 14.1. The van der Waals surface area contributed by atoms with Crippen molar-refractivity contribution in [2.24, 2.45) is 28.6 Å². The fourth-order valence-electron chi connectivity index (χ4n) is 8.57. The minimum atomic E-state index is -0.875. The van der Waals surface area contributed by atoms with Crippen molar-refractivity contribution in [1.29, 1.82) is 5.26 Å². The maximum atomic E-state index is 12.2. The van der Waals surface area contributed by atoms with Crippen molar-refractivity contribution in [3.63, 3.8) is 0 Å². The summed E-state index contributed by atoms with van der Waals surface area (Å²) in [5.74, 6) is -0.250. The minimum Gasteiger partial charge on any atom is -0.457 e. The molecule has 8 atom stereocenters. The smallest absolute Gasteiger partial charge is 0.349 e. The molecule has 0 bridgehead atoms. The molecule has 4 fully saturated rings. The van der Waals surface area contributed by atoms with Gasteiger partial charge in [0.1, 0.15) is 18.2 Å². The maximum Gasteiger partial charge on any atom is 0.349 e. The Balaban J connectivity index is 1.51. The second kappa shape index (κ2) is 6.31. The van der Waals surface area contributed by atoms with Crippen molar-refractivity contribution >= 4 is 5.97 Å². The predicted octanol–water partition coefficient (Wildman–Crippen LogP) is 2.61. The van der Waals surface area contributed by atoms with Crippen LogP contribution in [0.5, 0.6) is 0 Å². The Morgan fingerprint density at radius 3 is 2.43 bits per heavy atom. The lowest BCUT2D eigenvalue weighted by Gasteiger charge is -2.66. The third kappa shape index (κ3) is 2.32. The Labute approximate surface area is 177 Å². The van der Waals surface area contributed by atoms with Gasteiger partial charge in [-0.25, -0.2) is 4.79 Å². The topological polar surface area (TPSA) is 111 Å².